The fourth-order valence-corrected chi connectivity index (χ4v) is 5.03. The zero-order valence-corrected chi connectivity index (χ0v) is 19.9. The Labute approximate surface area is 192 Å². The van der Waals surface area contributed by atoms with E-state index in [0.717, 1.165) is 53.6 Å². The number of fused-ring (bicyclic) bond motifs is 1. The maximum atomic E-state index is 12.8. The molecular weight excluding hydrogens is 422 g/mol. The normalized spacial score (nSPS) is 15.3. The third kappa shape index (κ3) is 5.26. The lowest BCUT2D eigenvalue weighted by Crippen LogP contribution is -2.43. The van der Waals surface area contributed by atoms with Crippen LogP contribution in [0.2, 0.25) is 0 Å². The maximum Gasteiger partial charge on any atom is 0.262 e. The molecule has 3 heterocycles. The largest absolute Gasteiger partial charge is 0.352 e. The van der Waals surface area contributed by atoms with Gasteiger partial charge in [0.25, 0.3) is 5.56 Å². The van der Waals surface area contributed by atoms with Crippen molar-refractivity contribution in [3.63, 3.8) is 0 Å². The van der Waals surface area contributed by atoms with E-state index in [9.17, 15) is 9.59 Å². The molecule has 2 aromatic heterocycles. The summed E-state index contributed by atoms with van der Waals surface area (Å²) in [6, 6.07) is 8.41. The van der Waals surface area contributed by atoms with E-state index in [1.54, 1.807) is 6.33 Å². The number of hydrogen-bond acceptors (Lipinski definition) is 6. The number of carbonyl (C=O) groups excluding carboxylic acids is 1. The molecule has 32 heavy (non-hydrogen) atoms. The fraction of sp³-hybridized carbons (Fsp3) is 0.458. The van der Waals surface area contributed by atoms with Crippen LogP contribution in [0.1, 0.15) is 28.0 Å². The van der Waals surface area contributed by atoms with Crippen molar-refractivity contribution in [1.29, 1.82) is 0 Å². The molecule has 0 radical (unpaired) electrons. The second-order valence-corrected chi connectivity index (χ2v) is 9.84. The van der Waals surface area contributed by atoms with Crippen LogP contribution in [0.4, 0.5) is 0 Å². The lowest BCUT2D eigenvalue weighted by atomic mass is 10.1. The quantitative estimate of drug-likeness (QED) is 0.595. The molecule has 0 aliphatic carbocycles. The van der Waals surface area contributed by atoms with Gasteiger partial charge in [0, 0.05) is 57.1 Å². The summed E-state index contributed by atoms with van der Waals surface area (Å²) in [4.78, 5) is 36.3. The lowest BCUT2D eigenvalue weighted by Gasteiger charge is -2.32. The monoisotopic (exact) mass is 453 g/mol. The molecule has 4 rings (SSSR count). The molecule has 7 nitrogen and oxygen atoms in total. The van der Waals surface area contributed by atoms with Gasteiger partial charge in [-0.25, -0.2) is 4.98 Å². The van der Waals surface area contributed by atoms with Gasteiger partial charge in [0.15, 0.2) is 0 Å². The highest BCUT2D eigenvalue weighted by atomic mass is 32.1. The number of amides is 1. The second kappa shape index (κ2) is 9.94. The van der Waals surface area contributed by atoms with Crippen molar-refractivity contribution < 1.29 is 4.79 Å². The van der Waals surface area contributed by atoms with Gasteiger partial charge >= 0.3 is 0 Å². The standard InChI is InChI=1S/C24H31N5O2S/c1-17-18(2)32-23-22(17)24(31)29(16-26-23)8-7-21(30)25-14-19-5-4-6-20(13-19)15-28-11-9-27(3)10-12-28/h4-6,13,16H,7-12,14-15H2,1-3H3,(H,25,30). The van der Waals surface area contributed by atoms with Gasteiger partial charge in [-0.15, -0.1) is 11.3 Å². The van der Waals surface area contributed by atoms with E-state index < -0.39 is 0 Å². The first-order valence-electron chi connectivity index (χ1n) is 11.1. The Morgan fingerprint density at radius 2 is 1.91 bits per heavy atom. The molecule has 1 N–H and O–H groups in total. The molecule has 1 aliphatic heterocycles. The van der Waals surface area contributed by atoms with Crippen LogP contribution in [-0.2, 0) is 24.4 Å². The molecule has 0 unspecified atom stereocenters. The van der Waals surface area contributed by atoms with Crippen LogP contribution < -0.4 is 10.9 Å². The summed E-state index contributed by atoms with van der Waals surface area (Å²) in [7, 11) is 2.16. The molecule has 0 spiro atoms. The minimum Gasteiger partial charge on any atom is -0.352 e. The summed E-state index contributed by atoms with van der Waals surface area (Å²) >= 11 is 1.53. The average molecular weight is 454 g/mol. The van der Waals surface area contributed by atoms with Gasteiger partial charge in [-0.05, 0) is 37.6 Å². The number of nitrogens with zero attached hydrogens (tertiary/aromatic N) is 4. The predicted molar refractivity (Wildman–Crippen MR) is 129 cm³/mol. The van der Waals surface area contributed by atoms with Gasteiger partial charge in [0.2, 0.25) is 5.91 Å². The fourth-order valence-electron chi connectivity index (χ4n) is 4.04. The number of aryl methyl sites for hydroxylation is 3. The molecule has 1 aromatic carbocycles. The molecule has 8 heteroatoms. The third-order valence-electron chi connectivity index (χ3n) is 6.22. The van der Waals surface area contributed by atoms with E-state index >= 15 is 0 Å². The first-order valence-corrected chi connectivity index (χ1v) is 11.9. The van der Waals surface area contributed by atoms with Crippen molar-refractivity contribution in [1.82, 2.24) is 24.7 Å². The van der Waals surface area contributed by atoms with Crippen LogP contribution in [0.5, 0.6) is 0 Å². The first-order chi connectivity index (χ1) is 15.4. The molecule has 0 saturated carbocycles. The Morgan fingerprint density at radius 1 is 1.16 bits per heavy atom. The summed E-state index contributed by atoms with van der Waals surface area (Å²) < 4.78 is 1.54. The van der Waals surface area contributed by atoms with E-state index in [0.29, 0.717) is 18.5 Å². The van der Waals surface area contributed by atoms with Crippen LogP contribution in [0, 0.1) is 13.8 Å². The van der Waals surface area contributed by atoms with Crippen molar-refractivity contribution in [2.24, 2.45) is 0 Å². The molecule has 0 atom stereocenters. The van der Waals surface area contributed by atoms with Crippen molar-refractivity contribution in [2.45, 2.75) is 39.9 Å². The number of rotatable bonds is 7. The number of aromatic nitrogens is 2. The summed E-state index contributed by atoms with van der Waals surface area (Å²) in [6.45, 7) is 10.1. The highest BCUT2D eigenvalue weighted by Gasteiger charge is 2.15. The number of likely N-dealkylation sites (N-methyl/N-ethyl adjacent to an activating group) is 1. The van der Waals surface area contributed by atoms with E-state index in [1.165, 1.54) is 21.5 Å². The second-order valence-electron chi connectivity index (χ2n) is 8.63. The molecule has 1 amide bonds. The topological polar surface area (TPSA) is 70.5 Å². The van der Waals surface area contributed by atoms with Crippen LogP contribution >= 0.6 is 11.3 Å². The van der Waals surface area contributed by atoms with E-state index in [1.807, 2.05) is 19.9 Å². The number of hydrogen-bond donors (Lipinski definition) is 1. The number of piperazine rings is 1. The molecule has 1 aliphatic rings. The zero-order valence-electron chi connectivity index (χ0n) is 19.1. The van der Waals surface area contributed by atoms with Crippen LogP contribution in [0.25, 0.3) is 10.2 Å². The Hall–Kier alpha value is -2.55. The van der Waals surface area contributed by atoms with Crippen LogP contribution in [-0.4, -0.2) is 58.5 Å². The van der Waals surface area contributed by atoms with Crippen molar-refractivity contribution in [3.05, 3.63) is 62.5 Å². The van der Waals surface area contributed by atoms with Gasteiger partial charge in [0.05, 0.1) is 11.7 Å². The maximum absolute atomic E-state index is 12.8. The third-order valence-corrected chi connectivity index (χ3v) is 7.33. The number of carbonyl (C=O) groups is 1. The summed E-state index contributed by atoms with van der Waals surface area (Å²) in [5, 5.41) is 3.66. The van der Waals surface area contributed by atoms with Crippen molar-refractivity contribution >= 4 is 27.5 Å². The molecule has 1 fully saturated rings. The minimum atomic E-state index is -0.0697. The molecule has 170 valence electrons. The molecular formula is C24H31N5O2S. The zero-order chi connectivity index (χ0) is 22.7. The van der Waals surface area contributed by atoms with Gasteiger partial charge in [-0.1, -0.05) is 24.3 Å². The molecule has 0 bridgehead atoms. The van der Waals surface area contributed by atoms with Crippen LogP contribution in [0.15, 0.2) is 35.4 Å². The Morgan fingerprint density at radius 3 is 2.69 bits per heavy atom. The highest BCUT2D eigenvalue weighted by molar-refractivity contribution is 7.18. The van der Waals surface area contributed by atoms with Gasteiger partial charge < -0.3 is 10.2 Å². The van der Waals surface area contributed by atoms with Gasteiger partial charge in [0.1, 0.15) is 4.83 Å². The van der Waals surface area contributed by atoms with Crippen molar-refractivity contribution in [3.8, 4) is 0 Å². The van der Waals surface area contributed by atoms with E-state index in [4.69, 9.17) is 0 Å². The summed E-state index contributed by atoms with van der Waals surface area (Å²) in [6.07, 6.45) is 1.80. The van der Waals surface area contributed by atoms with Gasteiger partial charge in [-0.2, -0.15) is 0 Å². The van der Waals surface area contributed by atoms with Crippen molar-refractivity contribution in [2.75, 3.05) is 33.2 Å². The van der Waals surface area contributed by atoms with E-state index in [2.05, 4.69) is 45.3 Å². The summed E-state index contributed by atoms with van der Waals surface area (Å²) in [5.74, 6) is -0.0697. The average Bonchev–Trinajstić information content (AvgIpc) is 3.08. The van der Waals surface area contributed by atoms with E-state index in [-0.39, 0.29) is 17.9 Å². The number of thiophene rings is 1. The SMILES string of the molecule is Cc1sc2ncn(CCC(=O)NCc3cccc(CN4CCN(C)CC4)c3)c(=O)c2c1C. The first kappa shape index (κ1) is 22.6. The Kier molecular flexibility index (Phi) is 7.03. The van der Waals surface area contributed by atoms with Crippen LogP contribution in [0.3, 0.4) is 0 Å². The Bertz CT molecular complexity index is 1160. The summed E-state index contributed by atoms with van der Waals surface area (Å²) in [5.41, 5.74) is 3.28. The predicted octanol–water partition coefficient (Wildman–Crippen LogP) is 2.53. The smallest absolute Gasteiger partial charge is 0.262 e. The minimum absolute atomic E-state index is 0.0683. The Balaban J connectivity index is 1.30. The number of nitrogens with one attached hydrogen (secondary N) is 1. The lowest BCUT2D eigenvalue weighted by molar-refractivity contribution is -0.121. The van der Waals surface area contributed by atoms with Gasteiger partial charge in [-0.3, -0.25) is 19.1 Å². The highest BCUT2D eigenvalue weighted by Crippen LogP contribution is 2.25. The number of benzene rings is 1. The molecule has 3 aromatic rings. The molecule has 1 saturated heterocycles.